The highest BCUT2D eigenvalue weighted by atomic mass is 19.4. The Balaban J connectivity index is 2.04. The van der Waals surface area contributed by atoms with Crippen LogP contribution in [0.3, 0.4) is 0 Å². The fourth-order valence-electron chi connectivity index (χ4n) is 2.39. The van der Waals surface area contributed by atoms with Gasteiger partial charge in [0.1, 0.15) is 0 Å². The average Bonchev–Trinajstić information content (AvgIpc) is 3.36. The molecular weight excluding hydrogens is 337 g/mol. The summed E-state index contributed by atoms with van der Waals surface area (Å²) >= 11 is 0. The number of nitrogens with zero attached hydrogens (tertiary/aromatic N) is 2. The van der Waals surface area contributed by atoms with Crippen LogP contribution in [0.25, 0.3) is 5.69 Å². The van der Waals surface area contributed by atoms with E-state index in [0.717, 1.165) is 4.68 Å². The molecule has 0 bridgehead atoms. The minimum atomic E-state index is -4.89. The summed E-state index contributed by atoms with van der Waals surface area (Å²) in [4.78, 5) is 24.1. The summed E-state index contributed by atoms with van der Waals surface area (Å²) in [5, 5.41) is 5.83. The quantitative estimate of drug-likeness (QED) is 0.654. The molecule has 1 aromatic carbocycles. The summed E-state index contributed by atoms with van der Waals surface area (Å²) in [6, 6.07) is 8.21. The zero-order valence-electron chi connectivity index (χ0n) is 13.2. The molecule has 0 radical (unpaired) electrons. The van der Waals surface area contributed by atoms with Gasteiger partial charge in [-0.3, -0.25) is 14.7 Å². The van der Waals surface area contributed by atoms with Crippen LogP contribution in [0.4, 0.5) is 13.2 Å². The van der Waals surface area contributed by atoms with Gasteiger partial charge in [-0.05, 0) is 31.9 Å². The highest BCUT2D eigenvalue weighted by Crippen LogP contribution is 2.29. The van der Waals surface area contributed by atoms with Gasteiger partial charge in [-0.25, -0.2) is 10.1 Å². The second-order valence-electron chi connectivity index (χ2n) is 5.80. The molecule has 0 saturated heterocycles. The number of carbonyl (C=O) groups excluding carboxylic acids is 1. The molecule has 0 spiro atoms. The highest BCUT2D eigenvalue weighted by Gasteiger charge is 2.41. The number of hydrogen-bond acceptors (Lipinski definition) is 3. The molecule has 0 aliphatic heterocycles. The number of H-pyrrole nitrogens is 1. The van der Waals surface area contributed by atoms with Gasteiger partial charge in [0.05, 0.1) is 11.3 Å². The van der Waals surface area contributed by atoms with Crippen molar-refractivity contribution in [2.45, 2.75) is 25.9 Å². The topological polar surface area (TPSA) is 79.2 Å². The van der Waals surface area contributed by atoms with Crippen LogP contribution in [-0.2, 0) is 4.79 Å². The number of alkyl halides is 3. The van der Waals surface area contributed by atoms with E-state index in [9.17, 15) is 22.8 Å². The molecule has 1 saturated carbocycles. The first kappa shape index (κ1) is 17.0. The average molecular weight is 352 g/mol. The van der Waals surface area contributed by atoms with Crippen LogP contribution in [0.2, 0.25) is 0 Å². The Morgan fingerprint density at radius 3 is 2.48 bits per heavy atom. The van der Waals surface area contributed by atoms with Crippen molar-refractivity contribution in [2.75, 3.05) is 0 Å². The summed E-state index contributed by atoms with van der Waals surface area (Å²) in [5.41, 5.74) is -0.609. The SMILES string of the molecule is Cc1[nH]n(-c2ccccc2)c(=O)c1/C(=N/NC(=O)C1CC1)C(F)(F)F. The molecule has 1 fully saturated rings. The van der Waals surface area contributed by atoms with Crippen molar-refractivity contribution >= 4 is 11.6 Å². The van der Waals surface area contributed by atoms with Crippen molar-refractivity contribution in [1.29, 1.82) is 0 Å². The van der Waals surface area contributed by atoms with Crippen LogP contribution in [0, 0.1) is 12.8 Å². The van der Waals surface area contributed by atoms with Gasteiger partial charge in [0, 0.05) is 11.6 Å². The number of aromatic nitrogens is 2. The molecule has 132 valence electrons. The Labute approximate surface area is 140 Å². The molecule has 1 aliphatic carbocycles. The van der Waals surface area contributed by atoms with Crippen molar-refractivity contribution in [2.24, 2.45) is 11.0 Å². The number of halogens is 3. The Morgan fingerprint density at radius 1 is 1.28 bits per heavy atom. The number of nitrogens with one attached hydrogen (secondary N) is 2. The molecule has 3 rings (SSSR count). The number of hydrazone groups is 1. The van der Waals surface area contributed by atoms with Crippen molar-refractivity contribution in [3.8, 4) is 5.69 Å². The van der Waals surface area contributed by atoms with E-state index in [-0.39, 0.29) is 11.6 Å². The minimum Gasteiger partial charge on any atom is -0.295 e. The standard InChI is InChI=1S/C16H15F3N4O2/c1-9-12(15(25)23(22-9)11-5-3-2-4-6-11)13(16(17,18)19)20-21-14(24)10-7-8-10/h2-6,10,22H,7-8H2,1H3,(H,21,24)/b20-13-. The second-order valence-corrected chi connectivity index (χ2v) is 5.80. The third-order valence-corrected chi connectivity index (χ3v) is 3.82. The van der Waals surface area contributed by atoms with E-state index in [0.29, 0.717) is 18.5 Å². The third-order valence-electron chi connectivity index (χ3n) is 3.82. The van der Waals surface area contributed by atoms with Crippen LogP contribution >= 0.6 is 0 Å². The first-order valence-electron chi connectivity index (χ1n) is 7.61. The lowest BCUT2D eigenvalue weighted by molar-refractivity contribution is -0.122. The Bertz CT molecular complexity index is 877. The molecule has 9 heteroatoms. The largest absolute Gasteiger partial charge is 0.435 e. The van der Waals surface area contributed by atoms with Gasteiger partial charge in [0.2, 0.25) is 5.91 Å². The van der Waals surface area contributed by atoms with Gasteiger partial charge in [-0.15, -0.1) is 0 Å². The highest BCUT2D eigenvalue weighted by molar-refractivity contribution is 6.05. The Kier molecular flexibility index (Phi) is 4.23. The number of carbonyl (C=O) groups is 1. The van der Waals surface area contributed by atoms with E-state index < -0.39 is 28.9 Å². The van der Waals surface area contributed by atoms with E-state index in [1.165, 1.54) is 6.92 Å². The summed E-state index contributed by atoms with van der Waals surface area (Å²) in [5.74, 6) is -0.871. The normalized spacial score (nSPS) is 15.3. The molecule has 1 aromatic heterocycles. The molecule has 25 heavy (non-hydrogen) atoms. The number of rotatable bonds is 4. The van der Waals surface area contributed by atoms with Crippen molar-refractivity contribution < 1.29 is 18.0 Å². The van der Waals surface area contributed by atoms with E-state index in [4.69, 9.17) is 0 Å². The van der Waals surface area contributed by atoms with Crippen molar-refractivity contribution in [3.05, 3.63) is 51.9 Å². The Morgan fingerprint density at radius 2 is 1.92 bits per heavy atom. The third kappa shape index (κ3) is 3.49. The minimum absolute atomic E-state index is 0.00518. The smallest absolute Gasteiger partial charge is 0.295 e. The lowest BCUT2D eigenvalue weighted by atomic mass is 10.1. The molecule has 1 heterocycles. The predicted octanol–water partition coefficient (Wildman–Crippen LogP) is 2.27. The lowest BCUT2D eigenvalue weighted by Crippen LogP contribution is -2.34. The summed E-state index contributed by atoms with van der Waals surface area (Å²) in [6.45, 7) is 1.35. The van der Waals surface area contributed by atoms with Crippen LogP contribution in [-0.4, -0.2) is 27.6 Å². The second kappa shape index (κ2) is 6.23. The van der Waals surface area contributed by atoms with Gasteiger partial charge in [0.15, 0.2) is 5.71 Å². The van der Waals surface area contributed by atoms with Gasteiger partial charge in [-0.1, -0.05) is 18.2 Å². The fraction of sp³-hybridized carbons (Fsp3) is 0.312. The van der Waals surface area contributed by atoms with Crippen LogP contribution in [0.5, 0.6) is 0 Å². The zero-order valence-corrected chi connectivity index (χ0v) is 13.2. The molecule has 1 aliphatic rings. The van der Waals surface area contributed by atoms with Crippen molar-refractivity contribution in [3.63, 3.8) is 0 Å². The van der Waals surface area contributed by atoms with Gasteiger partial charge in [-0.2, -0.15) is 18.3 Å². The lowest BCUT2D eigenvalue weighted by Gasteiger charge is -2.09. The number of benzene rings is 1. The Hall–Kier alpha value is -2.84. The maximum Gasteiger partial charge on any atom is 0.435 e. The first-order chi connectivity index (χ1) is 11.8. The predicted molar refractivity (Wildman–Crippen MR) is 84.6 cm³/mol. The van der Waals surface area contributed by atoms with E-state index in [1.807, 2.05) is 5.43 Å². The van der Waals surface area contributed by atoms with Gasteiger partial charge >= 0.3 is 6.18 Å². The number of amides is 1. The number of aromatic amines is 1. The summed E-state index contributed by atoms with van der Waals surface area (Å²) in [6.07, 6.45) is -3.63. The van der Waals surface area contributed by atoms with Gasteiger partial charge in [0.25, 0.3) is 5.56 Å². The molecular formula is C16H15F3N4O2. The molecule has 2 aromatic rings. The summed E-state index contributed by atoms with van der Waals surface area (Å²) in [7, 11) is 0. The van der Waals surface area contributed by atoms with E-state index in [2.05, 4.69) is 10.2 Å². The van der Waals surface area contributed by atoms with Crippen LogP contribution < -0.4 is 11.0 Å². The molecule has 0 unspecified atom stereocenters. The number of para-hydroxylation sites is 1. The molecule has 0 atom stereocenters. The molecule has 2 N–H and O–H groups in total. The monoisotopic (exact) mass is 352 g/mol. The molecule has 1 amide bonds. The van der Waals surface area contributed by atoms with E-state index in [1.54, 1.807) is 30.3 Å². The van der Waals surface area contributed by atoms with Crippen molar-refractivity contribution in [1.82, 2.24) is 15.2 Å². The number of hydrogen-bond donors (Lipinski definition) is 2. The fourth-order valence-corrected chi connectivity index (χ4v) is 2.39. The summed E-state index contributed by atoms with van der Waals surface area (Å²) < 4.78 is 41.2. The first-order valence-corrected chi connectivity index (χ1v) is 7.61. The number of aryl methyl sites for hydroxylation is 1. The van der Waals surface area contributed by atoms with Gasteiger partial charge < -0.3 is 0 Å². The van der Waals surface area contributed by atoms with E-state index >= 15 is 0 Å². The molecule has 6 nitrogen and oxygen atoms in total. The zero-order chi connectivity index (χ0) is 18.2. The maximum absolute atomic E-state index is 13.4. The van der Waals surface area contributed by atoms with Crippen LogP contribution in [0.15, 0.2) is 40.2 Å². The maximum atomic E-state index is 13.4. The van der Waals surface area contributed by atoms with Crippen LogP contribution in [0.1, 0.15) is 24.1 Å².